The summed E-state index contributed by atoms with van der Waals surface area (Å²) < 4.78 is 38.6. The van der Waals surface area contributed by atoms with Crippen LogP contribution in [-0.4, -0.2) is 15.3 Å². The zero-order valence-electron chi connectivity index (χ0n) is 47.7. The zero-order chi connectivity index (χ0) is 58.1. The number of phosphoric acid groups is 1. The van der Waals surface area contributed by atoms with Gasteiger partial charge < -0.3 is 28.9 Å². The van der Waals surface area contributed by atoms with Crippen molar-refractivity contribution in [2.45, 2.75) is 176 Å². The van der Waals surface area contributed by atoms with Crippen molar-refractivity contribution in [2.75, 3.05) is 0 Å². The molecule has 0 saturated carbocycles. The van der Waals surface area contributed by atoms with Crippen LogP contribution in [0.1, 0.15) is 191 Å². The minimum atomic E-state index is -5.18. The monoisotopic (exact) mass is 1180 g/mol. The summed E-state index contributed by atoms with van der Waals surface area (Å²) in [6, 6.07) is 20.7. The molecule has 14 heteroatoms. The minimum absolute atomic E-state index is 0.0294. The van der Waals surface area contributed by atoms with Gasteiger partial charge in [0, 0.05) is 116 Å². The quantitative estimate of drug-likeness (QED) is 0.105. The fourth-order valence-electron chi connectivity index (χ4n) is 9.43. The van der Waals surface area contributed by atoms with Gasteiger partial charge in [-0.15, -0.1) is 0 Å². The summed E-state index contributed by atoms with van der Waals surface area (Å²) in [6.45, 7) is 35.7. The average molecular weight is 1190 g/mol. The topological polar surface area (TPSA) is 105 Å². The number of phenolic OH excluding ortho intramolecular Hbond substituents is 3. The highest BCUT2D eigenvalue weighted by molar-refractivity contribution is 7.49. The molecule has 6 aromatic rings. The largest absolute Gasteiger partial charge is 0.647 e. The van der Waals surface area contributed by atoms with E-state index in [0.717, 1.165) is 0 Å². The van der Waals surface area contributed by atoms with E-state index in [1.54, 1.807) is 72.8 Å². The molecular formula is C63H75Cl6O7P. The molecule has 0 aliphatic rings. The molecular weight excluding hydrogens is 1110 g/mol. The van der Waals surface area contributed by atoms with Crippen LogP contribution in [0.4, 0.5) is 0 Å². The number of halogens is 6. The van der Waals surface area contributed by atoms with Crippen molar-refractivity contribution in [3.8, 4) is 34.5 Å². The van der Waals surface area contributed by atoms with Crippen molar-refractivity contribution in [1.82, 2.24) is 0 Å². The Labute approximate surface area is 488 Å². The Morgan fingerprint density at radius 3 is 0.662 bits per heavy atom. The molecule has 416 valence electrons. The van der Waals surface area contributed by atoms with Gasteiger partial charge in [-0.1, -0.05) is 194 Å². The molecule has 0 spiro atoms. The first-order chi connectivity index (χ1) is 35.0. The SMILES string of the molecule is CC(C)(C)c1cc(Cl)cc(Cc2cc(Cl)cc(C(C)(C)C)c2OP(=O)(Oc2c(Cc3cc(Cl)cc(C(C)(C)C)c3O)cc(Cl)cc2C(C)(C)C)Oc2c(Cc3cc(Cl)cc(C(C)(C)C)c3O)cc(Cl)cc2C(C)(C)C)c1O. The van der Waals surface area contributed by atoms with Crippen LogP contribution < -0.4 is 13.6 Å². The van der Waals surface area contributed by atoms with E-state index >= 15 is 4.57 Å². The maximum atomic E-state index is 17.2. The van der Waals surface area contributed by atoms with Crippen LogP contribution in [0.5, 0.6) is 34.5 Å². The van der Waals surface area contributed by atoms with Crippen LogP contribution in [0.25, 0.3) is 0 Å². The summed E-state index contributed by atoms with van der Waals surface area (Å²) >= 11 is 41.5. The van der Waals surface area contributed by atoms with Gasteiger partial charge in [0.2, 0.25) is 0 Å². The Hall–Kier alpha value is -3.91. The van der Waals surface area contributed by atoms with E-state index < -0.39 is 40.3 Å². The lowest BCUT2D eigenvalue weighted by Gasteiger charge is -2.32. The average Bonchev–Trinajstić information content (AvgIpc) is 3.24. The lowest BCUT2D eigenvalue weighted by Crippen LogP contribution is -2.21. The van der Waals surface area contributed by atoms with E-state index in [2.05, 4.69) is 0 Å². The van der Waals surface area contributed by atoms with Gasteiger partial charge in [0.15, 0.2) is 0 Å². The highest BCUT2D eigenvalue weighted by atomic mass is 35.5. The maximum Gasteiger partial charge on any atom is 0.647 e. The first-order valence-electron chi connectivity index (χ1n) is 25.7. The fraction of sp³-hybridized carbons (Fsp3) is 0.429. The normalized spacial score (nSPS) is 13.0. The van der Waals surface area contributed by atoms with Crippen molar-refractivity contribution in [1.29, 1.82) is 0 Å². The van der Waals surface area contributed by atoms with Gasteiger partial charge >= 0.3 is 7.82 Å². The predicted octanol–water partition coefficient (Wildman–Crippen LogP) is 20.9. The van der Waals surface area contributed by atoms with E-state index in [0.29, 0.717) is 96.9 Å². The van der Waals surface area contributed by atoms with E-state index in [1.807, 2.05) is 125 Å². The van der Waals surface area contributed by atoms with E-state index in [-0.39, 0.29) is 53.8 Å². The van der Waals surface area contributed by atoms with Crippen molar-refractivity contribution in [3.63, 3.8) is 0 Å². The molecule has 77 heavy (non-hydrogen) atoms. The van der Waals surface area contributed by atoms with Gasteiger partial charge in [-0.05, 0) is 105 Å². The summed E-state index contributed by atoms with van der Waals surface area (Å²) in [5, 5.41) is 38.2. The molecule has 0 bridgehead atoms. The van der Waals surface area contributed by atoms with Crippen LogP contribution in [-0.2, 0) is 56.3 Å². The Balaban J connectivity index is 1.74. The van der Waals surface area contributed by atoms with Crippen LogP contribution in [0, 0.1) is 0 Å². The second-order valence-electron chi connectivity index (χ2n) is 26.5. The molecule has 7 nitrogen and oxygen atoms in total. The lowest BCUT2D eigenvalue weighted by atomic mass is 9.83. The third-order valence-electron chi connectivity index (χ3n) is 13.5. The summed E-state index contributed by atoms with van der Waals surface area (Å²) in [6.07, 6.45) is 0.0882. The number of benzene rings is 6. The first kappa shape index (κ1) is 62.3. The van der Waals surface area contributed by atoms with Crippen molar-refractivity contribution in [3.05, 3.63) is 170 Å². The molecule has 0 saturated heterocycles. The van der Waals surface area contributed by atoms with Gasteiger partial charge in [-0.2, -0.15) is 4.57 Å². The summed E-state index contributed by atoms with van der Waals surface area (Å²) in [5.74, 6) is 0.519. The first-order valence-corrected chi connectivity index (χ1v) is 29.4. The highest BCUT2D eigenvalue weighted by Gasteiger charge is 2.42. The zero-order valence-corrected chi connectivity index (χ0v) is 53.2. The molecule has 0 atom stereocenters. The molecule has 0 radical (unpaired) electrons. The molecule has 0 aliphatic carbocycles. The van der Waals surface area contributed by atoms with Crippen molar-refractivity contribution < 1.29 is 33.5 Å². The molecule has 6 aromatic carbocycles. The van der Waals surface area contributed by atoms with Crippen LogP contribution in [0.2, 0.25) is 30.1 Å². The number of hydrogen-bond donors (Lipinski definition) is 3. The molecule has 0 aliphatic heterocycles. The molecule has 0 aromatic heterocycles. The van der Waals surface area contributed by atoms with Crippen LogP contribution in [0.15, 0.2) is 72.8 Å². The number of rotatable bonds is 12. The van der Waals surface area contributed by atoms with Crippen LogP contribution >= 0.6 is 77.4 Å². The third kappa shape index (κ3) is 14.7. The number of phosphoric ester groups is 1. The Morgan fingerprint density at radius 1 is 0.312 bits per heavy atom. The van der Waals surface area contributed by atoms with E-state index in [1.165, 1.54) is 0 Å². The van der Waals surface area contributed by atoms with Crippen molar-refractivity contribution >= 4 is 77.4 Å². The highest BCUT2D eigenvalue weighted by Crippen LogP contribution is 2.58. The second-order valence-corrected chi connectivity index (χ2v) is 30.5. The van der Waals surface area contributed by atoms with E-state index in [4.69, 9.17) is 83.2 Å². The molecule has 3 N–H and O–H groups in total. The van der Waals surface area contributed by atoms with Crippen molar-refractivity contribution in [2.24, 2.45) is 0 Å². The second kappa shape index (κ2) is 22.2. The Kier molecular flexibility index (Phi) is 18.0. The van der Waals surface area contributed by atoms with Gasteiger partial charge in [0.25, 0.3) is 0 Å². The number of hydrogen-bond acceptors (Lipinski definition) is 7. The Morgan fingerprint density at radius 2 is 0.481 bits per heavy atom. The molecule has 6 rings (SSSR count). The molecule has 0 unspecified atom stereocenters. The van der Waals surface area contributed by atoms with Crippen LogP contribution in [0.3, 0.4) is 0 Å². The Bertz CT molecular complexity index is 2940. The summed E-state index contributed by atoms with van der Waals surface area (Å²) in [7, 11) is -5.18. The van der Waals surface area contributed by atoms with Gasteiger partial charge in [-0.25, -0.2) is 0 Å². The number of phenols is 3. The van der Waals surface area contributed by atoms with Gasteiger partial charge in [-0.3, -0.25) is 0 Å². The predicted molar refractivity (Wildman–Crippen MR) is 324 cm³/mol. The maximum absolute atomic E-state index is 17.2. The lowest BCUT2D eigenvalue weighted by molar-refractivity contribution is 0.288. The standard InChI is InChI=1S/C63H75Cl6O7P/c1-58(2,3)46-28-40(64)22-34(52(46)70)19-37-25-43(67)31-49(61(10,11)12)55(37)74-77(73,75-56-38(26-44(68)32-50(56)62(13,14)15)20-35-23-41(65)29-47(53(35)71)59(4,5)6)76-57-39(27-45(69)33-51(57)63(16,17)18)21-36-24-42(66)30-48(54(36)72)60(7,8)9/h22-33,70-72H,19-21H2,1-18H3. The number of aromatic hydroxyl groups is 3. The molecule has 0 fully saturated rings. The minimum Gasteiger partial charge on any atom is -0.507 e. The molecule has 0 amide bonds. The van der Waals surface area contributed by atoms with Gasteiger partial charge in [0.05, 0.1) is 0 Å². The summed E-state index contributed by atoms with van der Waals surface area (Å²) in [4.78, 5) is 0. The smallest absolute Gasteiger partial charge is 0.507 e. The molecule has 0 heterocycles. The fourth-order valence-corrected chi connectivity index (χ4v) is 12.3. The van der Waals surface area contributed by atoms with Gasteiger partial charge in [0.1, 0.15) is 34.5 Å². The summed E-state index contributed by atoms with van der Waals surface area (Å²) in [5.41, 5.74) is 2.76. The third-order valence-corrected chi connectivity index (χ3v) is 16.0. The van der Waals surface area contributed by atoms with E-state index in [9.17, 15) is 15.3 Å².